The molecule has 0 fully saturated rings. The molecule has 1 aromatic heterocycles. The molecule has 2 amide bonds. The van der Waals surface area contributed by atoms with Crippen molar-refractivity contribution in [3.05, 3.63) is 5.82 Å². The lowest BCUT2D eigenvalue weighted by Gasteiger charge is -2.06. The molecule has 7 nitrogen and oxygen atoms in total. The molecular formula is C13H23N5O2S. The highest BCUT2D eigenvalue weighted by Crippen LogP contribution is 2.16. The number of carbonyl (C=O) groups excluding carboxylic acids is 2. The Morgan fingerprint density at radius 3 is 2.71 bits per heavy atom. The number of nitrogens with zero attached hydrogens (tertiary/aromatic N) is 3. The van der Waals surface area contributed by atoms with E-state index in [9.17, 15) is 9.59 Å². The van der Waals surface area contributed by atoms with E-state index in [-0.39, 0.29) is 18.2 Å². The quantitative estimate of drug-likeness (QED) is 0.492. The predicted molar refractivity (Wildman–Crippen MR) is 81.8 cm³/mol. The highest BCUT2D eigenvalue weighted by atomic mass is 32.2. The second-order valence-corrected chi connectivity index (χ2v) is 5.72. The van der Waals surface area contributed by atoms with E-state index < -0.39 is 5.91 Å². The van der Waals surface area contributed by atoms with Crippen molar-refractivity contribution >= 4 is 23.6 Å². The van der Waals surface area contributed by atoms with Crippen molar-refractivity contribution in [2.24, 2.45) is 5.73 Å². The second-order valence-electron chi connectivity index (χ2n) is 4.78. The highest BCUT2D eigenvalue weighted by molar-refractivity contribution is 7.99. The summed E-state index contributed by atoms with van der Waals surface area (Å²) < 4.78 is 1.61. The SMILES string of the molecule is CCCCCCNC(=O)CSc1nnc(C)n1CC(N)=O. The van der Waals surface area contributed by atoms with E-state index in [0.29, 0.717) is 17.5 Å². The summed E-state index contributed by atoms with van der Waals surface area (Å²) in [6.07, 6.45) is 4.51. The van der Waals surface area contributed by atoms with Gasteiger partial charge in [0.25, 0.3) is 0 Å². The predicted octanol–water partition coefficient (Wildman–Crippen LogP) is 0.860. The number of primary amides is 1. The molecule has 0 aliphatic rings. The van der Waals surface area contributed by atoms with Gasteiger partial charge >= 0.3 is 0 Å². The van der Waals surface area contributed by atoms with Crippen LogP contribution >= 0.6 is 11.8 Å². The van der Waals surface area contributed by atoms with Gasteiger partial charge in [-0.05, 0) is 13.3 Å². The van der Waals surface area contributed by atoms with Crippen LogP contribution in [-0.4, -0.2) is 38.9 Å². The van der Waals surface area contributed by atoms with Gasteiger partial charge in [-0.3, -0.25) is 14.2 Å². The molecule has 0 aromatic carbocycles. The normalized spacial score (nSPS) is 10.6. The van der Waals surface area contributed by atoms with Gasteiger partial charge in [-0.25, -0.2) is 0 Å². The zero-order chi connectivity index (χ0) is 15.7. The van der Waals surface area contributed by atoms with Gasteiger partial charge in [-0.2, -0.15) is 0 Å². The molecule has 0 unspecified atom stereocenters. The third-order valence-corrected chi connectivity index (χ3v) is 3.87. The van der Waals surface area contributed by atoms with Crippen molar-refractivity contribution in [1.29, 1.82) is 0 Å². The number of aryl methyl sites for hydroxylation is 1. The van der Waals surface area contributed by atoms with E-state index in [1.165, 1.54) is 24.6 Å². The van der Waals surface area contributed by atoms with Gasteiger partial charge in [-0.15, -0.1) is 10.2 Å². The maximum absolute atomic E-state index is 11.7. The third-order valence-electron chi connectivity index (χ3n) is 2.90. The zero-order valence-electron chi connectivity index (χ0n) is 12.6. The van der Waals surface area contributed by atoms with Crippen LogP contribution in [0.2, 0.25) is 0 Å². The topological polar surface area (TPSA) is 103 Å². The van der Waals surface area contributed by atoms with Crippen molar-refractivity contribution in [2.75, 3.05) is 12.3 Å². The number of hydrogen-bond donors (Lipinski definition) is 2. The van der Waals surface area contributed by atoms with Crippen LogP contribution in [0.3, 0.4) is 0 Å². The third kappa shape index (κ3) is 6.61. The first-order valence-corrected chi connectivity index (χ1v) is 8.10. The van der Waals surface area contributed by atoms with Crippen LogP contribution in [-0.2, 0) is 16.1 Å². The van der Waals surface area contributed by atoms with Gasteiger partial charge in [0.05, 0.1) is 5.75 Å². The van der Waals surface area contributed by atoms with Crippen LogP contribution in [0.5, 0.6) is 0 Å². The highest BCUT2D eigenvalue weighted by Gasteiger charge is 2.13. The number of thioether (sulfide) groups is 1. The number of nitrogens with one attached hydrogen (secondary N) is 1. The Bertz CT molecular complexity index is 475. The molecule has 0 spiro atoms. The van der Waals surface area contributed by atoms with Gasteiger partial charge in [0, 0.05) is 6.54 Å². The van der Waals surface area contributed by atoms with Crippen LogP contribution in [0.4, 0.5) is 0 Å². The molecule has 1 rings (SSSR count). The Morgan fingerprint density at radius 1 is 1.29 bits per heavy atom. The monoisotopic (exact) mass is 313 g/mol. The molecule has 0 aliphatic heterocycles. The average molecular weight is 313 g/mol. The van der Waals surface area contributed by atoms with E-state index >= 15 is 0 Å². The molecule has 0 saturated heterocycles. The molecule has 0 radical (unpaired) electrons. The maximum Gasteiger partial charge on any atom is 0.237 e. The minimum absolute atomic E-state index is 0.0276. The van der Waals surface area contributed by atoms with Crippen LogP contribution in [0.25, 0.3) is 0 Å². The first-order chi connectivity index (χ1) is 10.0. The first-order valence-electron chi connectivity index (χ1n) is 7.12. The van der Waals surface area contributed by atoms with Crippen molar-refractivity contribution in [3.8, 4) is 0 Å². The van der Waals surface area contributed by atoms with Crippen LogP contribution < -0.4 is 11.1 Å². The van der Waals surface area contributed by atoms with Crippen molar-refractivity contribution in [2.45, 2.75) is 51.2 Å². The van der Waals surface area contributed by atoms with Crippen molar-refractivity contribution in [1.82, 2.24) is 20.1 Å². The van der Waals surface area contributed by atoms with E-state index in [2.05, 4.69) is 22.4 Å². The van der Waals surface area contributed by atoms with Crippen LogP contribution in [0.15, 0.2) is 5.16 Å². The number of aromatic nitrogens is 3. The summed E-state index contributed by atoms with van der Waals surface area (Å²) in [4.78, 5) is 22.7. The maximum atomic E-state index is 11.7. The fraction of sp³-hybridized carbons (Fsp3) is 0.692. The van der Waals surface area contributed by atoms with E-state index in [1.54, 1.807) is 11.5 Å². The van der Waals surface area contributed by atoms with Crippen LogP contribution in [0, 0.1) is 6.92 Å². The first kappa shape index (κ1) is 17.5. The Morgan fingerprint density at radius 2 is 2.05 bits per heavy atom. The molecule has 1 heterocycles. The number of nitrogens with two attached hydrogens (primary N) is 1. The molecule has 0 atom stereocenters. The van der Waals surface area contributed by atoms with Gasteiger partial charge in [0.1, 0.15) is 12.4 Å². The lowest BCUT2D eigenvalue weighted by molar-refractivity contribution is -0.119. The molecule has 0 bridgehead atoms. The Balaban J connectivity index is 2.34. The van der Waals surface area contributed by atoms with E-state index in [0.717, 1.165) is 12.8 Å². The molecular weight excluding hydrogens is 290 g/mol. The van der Waals surface area contributed by atoms with Crippen LogP contribution in [0.1, 0.15) is 38.4 Å². The van der Waals surface area contributed by atoms with Gasteiger partial charge in [0.2, 0.25) is 11.8 Å². The number of unbranched alkanes of at least 4 members (excludes halogenated alkanes) is 3. The van der Waals surface area contributed by atoms with Crippen molar-refractivity contribution < 1.29 is 9.59 Å². The number of rotatable bonds is 10. The largest absolute Gasteiger partial charge is 0.368 e. The standard InChI is InChI=1S/C13H23N5O2S/c1-3-4-5-6-7-15-12(20)9-21-13-17-16-10(2)18(13)8-11(14)19/h3-9H2,1-2H3,(H2,14,19)(H,15,20). The van der Waals surface area contributed by atoms with Gasteiger partial charge < -0.3 is 11.1 Å². The lowest BCUT2D eigenvalue weighted by atomic mass is 10.2. The summed E-state index contributed by atoms with van der Waals surface area (Å²) in [5.74, 6) is 0.365. The summed E-state index contributed by atoms with van der Waals surface area (Å²) in [5, 5.41) is 11.3. The summed E-state index contributed by atoms with van der Waals surface area (Å²) >= 11 is 1.26. The molecule has 118 valence electrons. The Hall–Kier alpha value is -1.57. The molecule has 1 aromatic rings. The smallest absolute Gasteiger partial charge is 0.237 e. The molecule has 8 heteroatoms. The molecule has 0 saturated carbocycles. The molecule has 21 heavy (non-hydrogen) atoms. The Kier molecular flexibility index (Phi) is 7.81. The van der Waals surface area contributed by atoms with Crippen molar-refractivity contribution in [3.63, 3.8) is 0 Å². The molecule has 3 N–H and O–H groups in total. The fourth-order valence-electron chi connectivity index (χ4n) is 1.77. The summed E-state index contributed by atoms with van der Waals surface area (Å²) in [5.41, 5.74) is 5.18. The minimum atomic E-state index is -0.458. The average Bonchev–Trinajstić information content (AvgIpc) is 2.77. The zero-order valence-corrected chi connectivity index (χ0v) is 13.4. The molecule has 0 aliphatic carbocycles. The Labute approximate surface area is 129 Å². The van der Waals surface area contributed by atoms with Gasteiger partial charge in [-0.1, -0.05) is 37.9 Å². The van der Waals surface area contributed by atoms with Gasteiger partial charge in [0.15, 0.2) is 5.16 Å². The summed E-state index contributed by atoms with van der Waals surface area (Å²) in [7, 11) is 0. The lowest BCUT2D eigenvalue weighted by Crippen LogP contribution is -2.26. The fourth-order valence-corrected chi connectivity index (χ4v) is 2.58. The minimum Gasteiger partial charge on any atom is -0.368 e. The number of amides is 2. The number of carbonyl (C=O) groups is 2. The summed E-state index contributed by atoms with van der Waals surface area (Å²) in [6, 6.07) is 0. The summed E-state index contributed by atoms with van der Waals surface area (Å²) in [6.45, 7) is 4.62. The second kappa shape index (κ2) is 9.38. The van der Waals surface area contributed by atoms with E-state index in [1.807, 2.05) is 0 Å². The van der Waals surface area contributed by atoms with E-state index in [4.69, 9.17) is 5.73 Å². The number of hydrogen-bond acceptors (Lipinski definition) is 5.